The molecule has 0 bridgehead atoms. The molecule has 1 N–H and O–H groups in total. The molecule has 1 atom stereocenters. The second-order valence-electron chi connectivity index (χ2n) is 6.15. The van der Waals surface area contributed by atoms with E-state index in [4.69, 9.17) is 0 Å². The highest BCUT2D eigenvalue weighted by molar-refractivity contribution is 5.68. The molecule has 0 radical (unpaired) electrons. The molecule has 1 saturated heterocycles. The summed E-state index contributed by atoms with van der Waals surface area (Å²) in [5.74, 6) is 0.0591. The monoisotopic (exact) mass is 273 g/mol. The lowest BCUT2D eigenvalue weighted by Crippen LogP contribution is -2.34. The van der Waals surface area contributed by atoms with E-state index in [9.17, 15) is 9.90 Å². The van der Waals surface area contributed by atoms with Gasteiger partial charge < -0.3 is 5.11 Å². The Balaban J connectivity index is 1.77. The fourth-order valence-corrected chi connectivity index (χ4v) is 3.26. The van der Waals surface area contributed by atoms with Gasteiger partial charge in [-0.2, -0.15) is 0 Å². The first-order valence-corrected chi connectivity index (χ1v) is 7.80. The number of carboxylic acids is 1. The topological polar surface area (TPSA) is 40.5 Å². The molecule has 0 amide bonds. The first-order valence-electron chi connectivity index (χ1n) is 7.80. The molecule has 0 spiro atoms. The molecule has 3 heteroatoms. The van der Waals surface area contributed by atoms with Crippen LogP contribution in [0.2, 0.25) is 0 Å². The Morgan fingerprint density at radius 3 is 2.35 bits per heavy atom. The van der Waals surface area contributed by atoms with Crippen LogP contribution in [0.5, 0.6) is 0 Å². The number of carbonyl (C=O) groups is 1. The van der Waals surface area contributed by atoms with Crippen LogP contribution in [-0.2, 0) is 4.79 Å². The van der Waals surface area contributed by atoms with Gasteiger partial charge >= 0.3 is 5.97 Å². The summed E-state index contributed by atoms with van der Waals surface area (Å²) >= 11 is 0. The van der Waals surface area contributed by atoms with E-state index in [1.54, 1.807) is 0 Å². The van der Waals surface area contributed by atoms with Gasteiger partial charge in [0.1, 0.15) is 0 Å². The van der Waals surface area contributed by atoms with Gasteiger partial charge in [-0.3, -0.25) is 9.69 Å². The molecule has 2 fully saturated rings. The molecule has 1 saturated carbocycles. The number of likely N-dealkylation sites (tertiary alicyclic amines) is 1. The minimum atomic E-state index is -0.702. The van der Waals surface area contributed by atoms with Gasteiger partial charge in [-0.15, -0.1) is 0 Å². The zero-order valence-corrected chi connectivity index (χ0v) is 11.9. The number of rotatable bonds is 5. The summed E-state index contributed by atoms with van der Waals surface area (Å²) in [4.78, 5) is 13.5. The van der Waals surface area contributed by atoms with Crippen LogP contribution in [0.3, 0.4) is 0 Å². The summed E-state index contributed by atoms with van der Waals surface area (Å²) < 4.78 is 0. The first-order chi connectivity index (χ1) is 9.74. The van der Waals surface area contributed by atoms with Crippen LogP contribution in [0.15, 0.2) is 24.3 Å². The van der Waals surface area contributed by atoms with Crippen molar-refractivity contribution in [2.75, 3.05) is 13.1 Å². The maximum atomic E-state index is 11.2. The summed E-state index contributed by atoms with van der Waals surface area (Å²) in [5.41, 5.74) is 2.58. The van der Waals surface area contributed by atoms with Crippen molar-refractivity contribution in [3.05, 3.63) is 35.4 Å². The Morgan fingerprint density at radius 1 is 1.15 bits per heavy atom. The molecule has 1 aromatic rings. The molecule has 3 nitrogen and oxygen atoms in total. The van der Waals surface area contributed by atoms with E-state index in [1.165, 1.54) is 43.2 Å². The molecule has 1 aromatic carbocycles. The Morgan fingerprint density at radius 2 is 1.80 bits per heavy atom. The van der Waals surface area contributed by atoms with Crippen molar-refractivity contribution in [2.24, 2.45) is 0 Å². The van der Waals surface area contributed by atoms with Crippen LogP contribution in [0.1, 0.15) is 61.6 Å². The first kappa shape index (κ1) is 13.6. The summed E-state index contributed by atoms with van der Waals surface area (Å²) in [6.07, 6.45) is 6.49. The maximum absolute atomic E-state index is 11.2. The van der Waals surface area contributed by atoms with Gasteiger partial charge in [0.25, 0.3) is 0 Å². The van der Waals surface area contributed by atoms with Crippen LogP contribution in [0.4, 0.5) is 0 Å². The van der Waals surface area contributed by atoms with Crippen molar-refractivity contribution in [3.63, 3.8) is 0 Å². The Bertz CT molecular complexity index is 458. The minimum absolute atomic E-state index is 0.0426. The van der Waals surface area contributed by atoms with Gasteiger partial charge in [0.05, 0.1) is 6.42 Å². The lowest BCUT2D eigenvalue weighted by molar-refractivity contribution is -0.138. The van der Waals surface area contributed by atoms with E-state index in [2.05, 4.69) is 29.2 Å². The highest BCUT2D eigenvalue weighted by Gasteiger charge is 2.26. The van der Waals surface area contributed by atoms with Crippen molar-refractivity contribution >= 4 is 5.97 Å². The predicted molar refractivity (Wildman–Crippen MR) is 78.8 cm³/mol. The van der Waals surface area contributed by atoms with Crippen LogP contribution in [-0.4, -0.2) is 29.1 Å². The molecular formula is C17H23NO2. The van der Waals surface area contributed by atoms with E-state index in [1.807, 2.05) is 0 Å². The third-order valence-electron chi connectivity index (χ3n) is 4.57. The smallest absolute Gasteiger partial charge is 0.305 e. The zero-order chi connectivity index (χ0) is 13.9. The lowest BCUT2D eigenvalue weighted by Gasteiger charge is -2.34. The van der Waals surface area contributed by atoms with E-state index < -0.39 is 5.97 Å². The van der Waals surface area contributed by atoms with Crippen molar-refractivity contribution in [2.45, 2.75) is 50.5 Å². The average molecular weight is 273 g/mol. The van der Waals surface area contributed by atoms with Gasteiger partial charge in [0.15, 0.2) is 0 Å². The van der Waals surface area contributed by atoms with Crippen LogP contribution in [0.25, 0.3) is 0 Å². The number of hydrogen-bond acceptors (Lipinski definition) is 2. The Labute approximate surface area is 120 Å². The summed E-state index contributed by atoms with van der Waals surface area (Å²) in [7, 11) is 0. The third kappa shape index (κ3) is 3.21. The summed E-state index contributed by atoms with van der Waals surface area (Å²) in [5, 5.41) is 9.20. The van der Waals surface area contributed by atoms with Crippen LogP contribution in [0, 0.1) is 0 Å². The molecule has 3 rings (SSSR count). The number of piperidine rings is 1. The number of carboxylic acid groups (broad SMARTS) is 1. The van der Waals surface area contributed by atoms with E-state index >= 15 is 0 Å². The Hall–Kier alpha value is -1.35. The summed E-state index contributed by atoms with van der Waals surface area (Å²) in [6.45, 7) is 2.06. The third-order valence-corrected chi connectivity index (χ3v) is 4.57. The molecule has 20 heavy (non-hydrogen) atoms. The van der Waals surface area contributed by atoms with Crippen LogP contribution < -0.4 is 0 Å². The normalized spacial score (nSPS) is 21.6. The molecule has 2 aliphatic rings. The van der Waals surface area contributed by atoms with E-state index in [0.717, 1.165) is 19.0 Å². The largest absolute Gasteiger partial charge is 0.481 e. The van der Waals surface area contributed by atoms with Crippen molar-refractivity contribution in [1.82, 2.24) is 4.90 Å². The van der Waals surface area contributed by atoms with E-state index in [-0.39, 0.29) is 12.5 Å². The highest BCUT2D eigenvalue weighted by Crippen LogP contribution is 2.40. The Kier molecular flexibility index (Phi) is 4.06. The van der Waals surface area contributed by atoms with Crippen molar-refractivity contribution in [3.8, 4) is 0 Å². The summed E-state index contributed by atoms with van der Waals surface area (Å²) in [6, 6.07) is 8.74. The second kappa shape index (κ2) is 5.96. The fraction of sp³-hybridized carbons (Fsp3) is 0.588. The minimum Gasteiger partial charge on any atom is -0.481 e. The quantitative estimate of drug-likeness (QED) is 0.891. The molecule has 1 heterocycles. The van der Waals surface area contributed by atoms with Gasteiger partial charge in [-0.25, -0.2) is 0 Å². The molecule has 0 aromatic heterocycles. The average Bonchev–Trinajstić information content (AvgIpc) is 3.30. The molecule has 108 valence electrons. The number of aliphatic carboxylic acids is 1. The number of benzene rings is 1. The van der Waals surface area contributed by atoms with Crippen LogP contribution >= 0.6 is 0 Å². The highest BCUT2D eigenvalue weighted by atomic mass is 16.4. The van der Waals surface area contributed by atoms with Gasteiger partial charge in [-0.05, 0) is 55.8 Å². The maximum Gasteiger partial charge on any atom is 0.305 e. The SMILES string of the molecule is O=C(O)CC(c1ccc(C2CC2)cc1)N1CCCCC1. The van der Waals surface area contributed by atoms with Gasteiger partial charge in [0.2, 0.25) is 0 Å². The molecule has 1 aliphatic carbocycles. The van der Waals surface area contributed by atoms with Gasteiger partial charge in [0, 0.05) is 6.04 Å². The number of nitrogens with zero attached hydrogens (tertiary/aromatic N) is 1. The van der Waals surface area contributed by atoms with E-state index in [0.29, 0.717) is 0 Å². The zero-order valence-electron chi connectivity index (χ0n) is 11.9. The number of hydrogen-bond donors (Lipinski definition) is 1. The lowest BCUT2D eigenvalue weighted by atomic mass is 9.97. The molecule has 1 unspecified atom stereocenters. The predicted octanol–water partition coefficient (Wildman–Crippen LogP) is 3.57. The fourth-order valence-electron chi connectivity index (χ4n) is 3.26. The van der Waals surface area contributed by atoms with Gasteiger partial charge in [-0.1, -0.05) is 30.7 Å². The van der Waals surface area contributed by atoms with Crippen molar-refractivity contribution < 1.29 is 9.90 Å². The second-order valence-corrected chi connectivity index (χ2v) is 6.15. The van der Waals surface area contributed by atoms with Crippen molar-refractivity contribution in [1.29, 1.82) is 0 Å². The molecular weight excluding hydrogens is 250 g/mol. The molecule has 1 aliphatic heterocycles. The standard InChI is InChI=1S/C17H23NO2/c19-17(20)12-16(18-10-2-1-3-11-18)15-8-6-14(7-9-15)13-4-5-13/h6-9,13,16H,1-5,10-12H2,(H,19,20).